The fraction of sp³-hybridized carbons (Fsp3) is 0.471. The SMILES string of the molecule is CCOC1(OCC)N=C(N)[C@@]2(C#N)[C@H](c3ccc(Cl)cc3)[C@@]12C#N. The van der Waals surface area contributed by atoms with Crippen LogP contribution >= 0.6 is 11.6 Å². The summed E-state index contributed by atoms with van der Waals surface area (Å²) in [6.45, 7) is 4.11. The quantitative estimate of drug-likeness (QED) is 0.826. The molecule has 0 radical (unpaired) electrons. The predicted octanol–water partition coefficient (Wildman–Crippen LogP) is 2.55. The molecule has 124 valence electrons. The Balaban J connectivity index is 2.21. The summed E-state index contributed by atoms with van der Waals surface area (Å²) < 4.78 is 11.5. The van der Waals surface area contributed by atoms with Crippen molar-refractivity contribution >= 4 is 17.4 Å². The first-order valence-electron chi connectivity index (χ1n) is 7.71. The van der Waals surface area contributed by atoms with Crippen molar-refractivity contribution in [3.8, 4) is 12.1 Å². The lowest BCUT2D eigenvalue weighted by molar-refractivity contribution is -0.255. The van der Waals surface area contributed by atoms with Crippen molar-refractivity contribution in [3.63, 3.8) is 0 Å². The molecule has 3 rings (SSSR count). The van der Waals surface area contributed by atoms with Crippen molar-refractivity contribution in [1.82, 2.24) is 0 Å². The minimum absolute atomic E-state index is 0.0772. The normalized spacial score (nSPS) is 32.4. The van der Waals surface area contributed by atoms with Gasteiger partial charge in [0.25, 0.3) is 5.91 Å². The molecule has 2 aliphatic rings. The topological polar surface area (TPSA) is 104 Å². The van der Waals surface area contributed by atoms with Crippen LogP contribution in [0.4, 0.5) is 0 Å². The summed E-state index contributed by atoms with van der Waals surface area (Å²) in [7, 11) is 0. The molecule has 1 aliphatic carbocycles. The van der Waals surface area contributed by atoms with Crippen molar-refractivity contribution < 1.29 is 9.47 Å². The fourth-order valence-corrected chi connectivity index (χ4v) is 4.03. The zero-order valence-electron chi connectivity index (χ0n) is 13.4. The molecule has 6 nitrogen and oxygen atoms in total. The summed E-state index contributed by atoms with van der Waals surface area (Å²) in [4.78, 5) is 4.29. The zero-order chi connectivity index (χ0) is 17.6. The van der Waals surface area contributed by atoms with Gasteiger partial charge >= 0.3 is 0 Å². The number of aliphatic imine (C=N–C) groups is 1. The lowest BCUT2D eigenvalue weighted by Crippen LogP contribution is -2.43. The summed E-state index contributed by atoms with van der Waals surface area (Å²) in [5.74, 6) is -1.99. The van der Waals surface area contributed by atoms with E-state index in [1.54, 1.807) is 38.1 Å². The van der Waals surface area contributed by atoms with E-state index in [1.165, 1.54) is 0 Å². The average molecular weight is 345 g/mol. The van der Waals surface area contributed by atoms with Gasteiger partial charge in [-0.05, 0) is 31.5 Å². The molecule has 1 saturated carbocycles. The molecule has 0 unspecified atom stereocenters. The first kappa shape index (κ1) is 16.7. The molecule has 2 N–H and O–H groups in total. The standard InChI is InChI=1S/C17H17ClN4O2/c1-3-23-17(24-4-2)16(10-20)13(11-5-7-12(18)8-6-11)15(16,9-19)14(21)22-17/h5-8,13H,3-4H2,1-2H3,(H2,21,22)/t13-,15+,16+/m0/s1. The van der Waals surface area contributed by atoms with Crippen molar-refractivity contribution in [2.24, 2.45) is 21.6 Å². The zero-order valence-corrected chi connectivity index (χ0v) is 14.2. The number of fused-ring (bicyclic) bond motifs is 1. The van der Waals surface area contributed by atoms with Gasteiger partial charge in [-0.3, -0.25) is 0 Å². The lowest BCUT2D eigenvalue weighted by Gasteiger charge is -2.31. The van der Waals surface area contributed by atoms with E-state index < -0.39 is 22.7 Å². The maximum Gasteiger partial charge on any atom is 0.293 e. The van der Waals surface area contributed by atoms with Gasteiger partial charge in [0.05, 0.1) is 12.1 Å². The number of nitriles is 2. The van der Waals surface area contributed by atoms with Crippen LogP contribution in [0.15, 0.2) is 29.3 Å². The summed E-state index contributed by atoms with van der Waals surface area (Å²) in [6, 6.07) is 11.5. The maximum absolute atomic E-state index is 10.0. The summed E-state index contributed by atoms with van der Waals surface area (Å²) in [6.07, 6.45) is 0. The molecule has 1 heterocycles. The molecule has 0 aromatic heterocycles. The molecular weight excluding hydrogens is 328 g/mol. The Bertz CT molecular complexity index is 773. The summed E-state index contributed by atoms with van der Waals surface area (Å²) >= 11 is 5.95. The molecule has 1 aromatic rings. The molecule has 0 bridgehead atoms. The first-order chi connectivity index (χ1) is 11.5. The largest absolute Gasteiger partial charge is 0.386 e. The third-order valence-electron chi connectivity index (χ3n) is 4.81. The Morgan fingerprint density at radius 3 is 2.21 bits per heavy atom. The van der Waals surface area contributed by atoms with E-state index in [1.807, 2.05) is 0 Å². The number of ether oxygens (including phenoxy) is 2. The van der Waals surface area contributed by atoms with E-state index in [2.05, 4.69) is 17.1 Å². The second kappa shape index (κ2) is 5.46. The van der Waals surface area contributed by atoms with Crippen molar-refractivity contribution in [2.45, 2.75) is 25.7 Å². The van der Waals surface area contributed by atoms with Gasteiger partial charge in [-0.2, -0.15) is 10.5 Å². The van der Waals surface area contributed by atoms with Gasteiger partial charge in [0, 0.05) is 24.2 Å². The third-order valence-corrected chi connectivity index (χ3v) is 5.06. The van der Waals surface area contributed by atoms with Crippen LogP contribution in [-0.2, 0) is 9.47 Å². The van der Waals surface area contributed by atoms with Gasteiger partial charge in [0.15, 0.2) is 5.41 Å². The number of halogens is 1. The van der Waals surface area contributed by atoms with Gasteiger partial charge in [-0.1, -0.05) is 23.7 Å². The highest BCUT2D eigenvalue weighted by Gasteiger charge is 2.93. The lowest BCUT2D eigenvalue weighted by atomic mass is 9.93. The van der Waals surface area contributed by atoms with Crippen molar-refractivity contribution in [1.29, 1.82) is 10.5 Å². The van der Waals surface area contributed by atoms with Crippen molar-refractivity contribution in [2.75, 3.05) is 13.2 Å². The van der Waals surface area contributed by atoms with Crippen LogP contribution in [0.1, 0.15) is 25.3 Å². The van der Waals surface area contributed by atoms with Crippen LogP contribution in [0.25, 0.3) is 0 Å². The molecule has 0 spiro atoms. The molecule has 1 fully saturated rings. The molecule has 24 heavy (non-hydrogen) atoms. The highest BCUT2D eigenvalue weighted by atomic mass is 35.5. The van der Waals surface area contributed by atoms with Gasteiger partial charge < -0.3 is 15.2 Å². The van der Waals surface area contributed by atoms with Gasteiger partial charge in [-0.25, -0.2) is 4.99 Å². The molecule has 7 heteroatoms. The number of amidine groups is 1. The van der Waals surface area contributed by atoms with E-state index in [0.29, 0.717) is 5.02 Å². The van der Waals surface area contributed by atoms with Crippen LogP contribution in [0.5, 0.6) is 0 Å². The van der Waals surface area contributed by atoms with E-state index in [0.717, 1.165) is 5.56 Å². The molecule has 0 saturated heterocycles. The Morgan fingerprint density at radius 1 is 1.17 bits per heavy atom. The van der Waals surface area contributed by atoms with Gasteiger partial charge in [0.1, 0.15) is 11.3 Å². The molecular formula is C17H17ClN4O2. The minimum Gasteiger partial charge on any atom is -0.386 e. The van der Waals surface area contributed by atoms with E-state index in [-0.39, 0.29) is 19.0 Å². The van der Waals surface area contributed by atoms with Gasteiger partial charge in [-0.15, -0.1) is 0 Å². The van der Waals surface area contributed by atoms with Crippen LogP contribution < -0.4 is 5.73 Å². The molecule has 1 aliphatic heterocycles. The van der Waals surface area contributed by atoms with E-state index >= 15 is 0 Å². The Morgan fingerprint density at radius 2 is 1.75 bits per heavy atom. The first-order valence-corrected chi connectivity index (χ1v) is 8.09. The van der Waals surface area contributed by atoms with Crippen LogP contribution in [0, 0.1) is 33.5 Å². The smallest absolute Gasteiger partial charge is 0.293 e. The predicted molar refractivity (Wildman–Crippen MR) is 87.9 cm³/mol. The Labute approximate surface area is 145 Å². The number of benzene rings is 1. The van der Waals surface area contributed by atoms with Crippen LogP contribution in [0.2, 0.25) is 5.02 Å². The highest BCUT2D eigenvalue weighted by Crippen LogP contribution is 2.81. The number of hydrogen-bond donors (Lipinski definition) is 1. The third kappa shape index (κ3) is 1.68. The second-order valence-corrected chi connectivity index (χ2v) is 6.21. The van der Waals surface area contributed by atoms with Crippen LogP contribution in [-0.4, -0.2) is 25.0 Å². The number of hydrogen-bond acceptors (Lipinski definition) is 6. The van der Waals surface area contributed by atoms with E-state index in [4.69, 9.17) is 26.8 Å². The summed E-state index contributed by atoms with van der Waals surface area (Å²) in [5.41, 5.74) is 4.31. The van der Waals surface area contributed by atoms with E-state index in [9.17, 15) is 10.5 Å². The number of nitrogens with zero attached hydrogens (tertiary/aromatic N) is 3. The second-order valence-electron chi connectivity index (χ2n) is 5.77. The van der Waals surface area contributed by atoms with Crippen LogP contribution in [0.3, 0.4) is 0 Å². The molecule has 1 aromatic carbocycles. The summed E-state index contributed by atoms with van der Waals surface area (Å²) in [5, 5.41) is 20.5. The molecule has 0 amide bonds. The Kier molecular flexibility index (Phi) is 3.80. The monoisotopic (exact) mass is 344 g/mol. The fourth-order valence-electron chi connectivity index (χ4n) is 3.90. The number of nitrogens with two attached hydrogens (primary N) is 1. The molecule has 3 atom stereocenters. The van der Waals surface area contributed by atoms with Gasteiger partial charge in [0.2, 0.25) is 0 Å². The highest BCUT2D eigenvalue weighted by molar-refractivity contribution is 6.30. The number of rotatable bonds is 5. The van der Waals surface area contributed by atoms with Crippen molar-refractivity contribution in [3.05, 3.63) is 34.9 Å². The average Bonchev–Trinajstić information content (AvgIpc) is 3.15. The minimum atomic E-state index is -1.57. The maximum atomic E-state index is 10.0. The Hall–Kier alpha value is -2.12.